The molecule has 0 atom stereocenters. The van der Waals surface area contributed by atoms with E-state index in [1.165, 1.54) is 4.68 Å². The van der Waals surface area contributed by atoms with Gasteiger partial charge in [0.2, 0.25) is 0 Å². The second-order valence-corrected chi connectivity index (χ2v) is 5.38. The van der Waals surface area contributed by atoms with Gasteiger partial charge in [0.15, 0.2) is 11.5 Å². The summed E-state index contributed by atoms with van der Waals surface area (Å²) in [6, 6.07) is 18.8. The zero-order chi connectivity index (χ0) is 18.2. The molecule has 7 nitrogen and oxygen atoms in total. The molecule has 0 aliphatic carbocycles. The lowest BCUT2D eigenvalue weighted by molar-refractivity contribution is -0.137. The first kappa shape index (κ1) is 17.3. The smallest absolute Gasteiger partial charge is 0.357 e. The molecule has 1 heterocycles. The van der Waals surface area contributed by atoms with Crippen LogP contribution in [-0.4, -0.2) is 39.4 Å². The van der Waals surface area contributed by atoms with Gasteiger partial charge in [0.25, 0.3) is 0 Å². The Labute approximate surface area is 150 Å². The summed E-state index contributed by atoms with van der Waals surface area (Å²) in [6.07, 6.45) is 1.68. The van der Waals surface area contributed by atoms with Gasteiger partial charge in [-0.15, -0.1) is 5.10 Å². The third kappa shape index (κ3) is 4.54. The summed E-state index contributed by atoms with van der Waals surface area (Å²) in [6.45, 7) is 2.08. The topological polar surface area (TPSA) is 79.1 Å². The largest absolute Gasteiger partial charge is 0.490 e. The van der Waals surface area contributed by atoms with Crippen molar-refractivity contribution >= 4 is 17.7 Å². The van der Waals surface area contributed by atoms with Crippen LogP contribution in [0.25, 0.3) is 11.8 Å². The molecule has 0 spiro atoms. The fourth-order valence-corrected chi connectivity index (χ4v) is 2.25. The summed E-state index contributed by atoms with van der Waals surface area (Å²) in [4.78, 5) is 12.5. The molecule has 0 saturated carbocycles. The van der Waals surface area contributed by atoms with E-state index in [1.54, 1.807) is 13.0 Å². The number of carbonyl (C=O) groups excluding carboxylic acids is 1. The molecule has 0 bridgehead atoms. The SMILES string of the molecule is Cc1nnnn1/C(=C\c1ccccc1)C(=O)OCCOc1ccccc1. The number of tetrazole rings is 1. The van der Waals surface area contributed by atoms with Gasteiger partial charge >= 0.3 is 5.97 Å². The number of aryl methyl sites for hydroxylation is 1. The molecular formula is C19H18N4O3. The van der Waals surface area contributed by atoms with E-state index in [2.05, 4.69) is 15.5 Å². The molecule has 0 aliphatic rings. The maximum Gasteiger partial charge on any atom is 0.357 e. The first-order valence-electron chi connectivity index (χ1n) is 8.11. The minimum absolute atomic E-state index is 0.112. The van der Waals surface area contributed by atoms with Crippen LogP contribution in [0.15, 0.2) is 60.7 Å². The first-order valence-corrected chi connectivity index (χ1v) is 8.11. The van der Waals surface area contributed by atoms with Crippen LogP contribution in [0.2, 0.25) is 0 Å². The minimum Gasteiger partial charge on any atom is -0.490 e. The minimum atomic E-state index is -0.527. The van der Waals surface area contributed by atoms with Gasteiger partial charge < -0.3 is 9.47 Å². The zero-order valence-electron chi connectivity index (χ0n) is 14.3. The van der Waals surface area contributed by atoms with Crippen molar-refractivity contribution in [2.24, 2.45) is 0 Å². The molecule has 7 heteroatoms. The van der Waals surface area contributed by atoms with E-state index in [9.17, 15) is 4.79 Å². The summed E-state index contributed by atoms with van der Waals surface area (Å²) in [5, 5.41) is 11.3. The van der Waals surface area contributed by atoms with Gasteiger partial charge in [-0.05, 0) is 41.1 Å². The van der Waals surface area contributed by atoms with Crippen LogP contribution < -0.4 is 4.74 Å². The van der Waals surface area contributed by atoms with Crippen molar-refractivity contribution in [2.45, 2.75) is 6.92 Å². The molecule has 0 N–H and O–H groups in total. The highest BCUT2D eigenvalue weighted by Crippen LogP contribution is 2.14. The second-order valence-electron chi connectivity index (χ2n) is 5.38. The van der Waals surface area contributed by atoms with Crippen LogP contribution in [0.5, 0.6) is 5.75 Å². The molecule has 132 valence electrons. The van der Waals surface area contributed by atoms with Gasteiger partial charge in [-0.3, -0.25) is 0 Å². The van der Waals surface area contributed by atoms with Crippen LogP contribution in [0.3, 0.4) is 0 Å². The highest BCUT2D eigenvalue weighted by Gasteiger charge is 2.17. The Bertz CT molecular complexity index is 876. The molecule has 0 amide bonds. The fourth-order valence-electron chi connectivity index (χ4n) is 2.25. The van der Waals surface area contributed by atoms with Gasteiger partial charge in [0.05, 0.1) is 0 Å². The zero-order valence-corrected chi connectivity index (χ0v) is 14.3. The Kier molecular flexibility index (Phi) is 5.72. The molecule has 2 aromatic carbocycles. The number of esters is 1. The number of hydrogen-bond donors (Lipinski definition) is 0. The van der Waals surface area contributed by atoms with E-state index in [4.69, 9.17) is 9.47 Å². The van der Waals surface area contributed by atoms with E-state index in [0.717, 1.165) is 11.3 Å². The summed E-state index contributed by atoms with van der Waals surface area (Å²) in [5.41, 5.74) is 1.08. The number of aromatic nitrogens is 4. The monoisotopic (exact) mass is 350 g/mol. The number of para-hydroxylation sites is 1. The van der Waals surface area contributed by atoms with Crippen LogP contribution in [0.4, 0.5) is 0 Å². The summed E-state index contributed by atoms with van der Waals surface area (Å²) in [5.74, 6) is 0.686. The van der Waals surface area contributed by atoms with E-state index >= 15 is 0 Å². The lowest BCUT2D eigenvalue weighted by atomic mass is 10.2. The van der Waals surface area contributed by atoms with Gasteiger partial charge in [-0.2, -0.15) is 4.68 Å². The molecule has 0 saturated heterocycles. The molecule has 3 rings (SSSR count). The molecule has 3 aromatic rings. The summed E-state index contributed by atoms with van der Waals surface area (Å²) >= 11 is 0. The number of hydrogen-bond acceptors (Lipinski definition) is 6. The summed E-state index contributed by atoms with van der Waals surface area (Å²) in [7, 11) is 0. The van der Waals surface area contributed by atoms with Gasteiger partial charge in [-0.1, -0.05) is 48.5 Å². The predicted octanol–water partition coefficient (Wildman–Crippen LogP) is 2.60. The van der Waals surface area contributed by atoms with Crippen molar-refractivity contribution in [1.29, 1.82) is 0 Å². The molecule has 1 aromatic heterocycles. The molecule has 26 heavy (non-hydrogen) atoms. The van der Waals surface area contributed by atoms with E-state index in [1.807, 2.05) is 60.7 Å². The Hall–Kier alpha value is -3.48. The van der Waals surface area contributed by atoms with Crippen molar-refractivity contribution in [1.82, 2.24) is 20.2 Å². The highest BCUT2D eigenvalue weighted by atomic mass is 16.6. The Morgan fingerprint density at radius 2 is 1.73 bits per heavy atom. The molecular weight excluding hydrogens is 332 g/mol. The molecule has 0 aliphatic heterocycles. The quantitative estimate of drug-likeness (QED) is 0.370. The predicted molar refractivity (Wildman–Crippen MR) is 96.1 cm³/mol. The molecule has 0 radical (unpaired) electrons. The average molecular weight is 350 g/mol. The van der Waals surface area contributed by atoms with Crippen molar-refractivity contribution in [3.63, 3.8) is 0 Å². The summed E-state index contributed by atoms with van der Waals surface area (Å²) < 4.78 is 12.2. The van der Waals surface area contributed by atoms with Crippen molar-refractivity contribution in [3.05, 3.63) is 72.1 Å². The van der Waals surface area contributed by atoms with Gasteiger partial charge in [0, 0.05) is 0 Å². The van der Waals surface area contributed by atoms with Crippen LogP contribution in [0.1, 0.15) is 11.4 Å². The Morgan fingerprint density at radius 1 is 1.04 bits per heavy atom. The maximum atomic E-state index is 12.5. The van der Waals surface area contributed by atoms with Crippen LogP contribution >= 0.6 is 0 Å². The molecule has 0 fully saturated rings. The molecule has 0 unspecified atom stereocenters. The number of carbonyl (C=O) groups is 1. The van der Waals surface area contributed by atoms with Crippen molar-refractivity contribution in [2.75, 3.05) is 13.2 Å². The average Bonchev–Trinajstić information content (AvgIpc) is 3.10. The maximum absolute atomic E-state index is 12.5. The first-order chi connectivity index (χ1) is 12.7. The third-order valence-corrected chi connectivity index (χ3v) is 3.49. The lowest BCUT2D eigenvalue weighted by Gasteiger charge is -2.10. The number of ether oxygens (including phenoxy) is 2. The van der Waals surface area contributed by atoms with Crippen molar-refractivity contribution in [3.8, 4) is 5.75 Å². The Morgan fingerprint density at radius 3 is 2.38 bits per heavy atom. The fraction of sp³-hybridized carbons (Fsp3) is 0.158. The van der Waals surface area contributed by atoms with E-state index in [0.29, 0.717) is 5.82 Å². The number of rotatable bonds is 7. The Balaban J connectivity index is 1.68. The van der Waals surface area contributed by atoms with E-state index in [-0.39, 0.29) is 18.9 Å². The normalized spacial score (nSPS) is 11.2. The highest BCUT2D eigenvalue weighted by molar-refractivity contribution is 6.15. The number of benzene rings is 2. The van der Waals surface area contributed by atoms with Crippen LogP contribution in [-0.2, 0) is 9.53 Å². The second kappa shape index (κ2) is 8.57. The standard InChI is InChI=1S/C19H18N4O3/c1-15-20-21-22-23(15)18(14-16-8-4-2-5-9-16)19(24)26-13-12-25-17-10-6-3-7-11-17/h2-11,14H,12-13H2,1H3/b18-14-. The van der Waals surface area contributed by atoms with Crippen LogP contribution in [0, 0.1) is 6.92 Å². The number of nitrogens with zero attached hydrogens (tertiary/aromatic N) is 4. The van der Waals surface area contributed by atoms with Gasteiger partial charge in [0.1, 0.15) is 19.0 Å². The van der Waals surface area contributed by atoms with Gasteiger partial charge in [-0.25, -0.2) is 4.79 Å². The van der Waals surface area contributed by atoms with Crippen molar-refractivity contribution < 1.29 is 14.3 Å². The third-order valence-electron chi connectivity index (χ3n) is 3.49. The lowest BCUT2D eigenvalue weighted by Crippen LogP contribution is -2.18. The van der Waals surface area contributed by atoms with E-state index < -0.39 is 5.97 Å².